The summed E-state index contributed by atoms with van der Waals surface area (Å²) in [5, 5.41) is 3.43. The van der Waals surface area contributed by atoms with E-state index in [9.17, 15) is 0 Å². The highest BCUT2D eigenvalue weighted by atomic mass is 16.7. The number of hydrogen-bond acceptors (Lipinski definition) is 4. The molecule has 2 aliphatic rings. The fourth-order valence-electron chi connectivity index (χ4n) is 2.43. The molecule has 0 amide bonds. The molecule has 2 heterocycles. The van der Waals surface area contributed by atoms with Crippen LogP contribution in [0.2, 0.25) is 0 Å². The molecule has 4 nitrogen and oxygen atoms in total. The SMILES string of the molecule is CC1COc2ccc(B3OC(C)(C)C(C)(C)O3)cc2N1. The van der Waals surface area contributed by atoms with Crippen LogP contribution in [-0.4, -0.2) is 31.0 Å². The summed E-state index contributed by atoms with van der Waals surface area (Å²) in [6, 6.07) is 6.37. The van der Waals surface area contributed by atoms with Crippen LogP contribution in [0.4, 0.5) is 5.69 Å². The average Bonchev–Trinajstić information content (AvgIpc) is 2.57. The van der Waals surface area contributed by atoms with E-state index in [-0.39, 0.29) is 18.3 Å². The van der Waals surface area contributed by atoms with Crippen molar-refractivity contribution < 1.29 is 14.0 Å². The van der Waals surface area contributed by atoms with E-state index in [1.807, 2.05) is 12.1 Å². The number of nitrogens with one attached hydrogen (secondary N) is 1. The Hall–Kier alpha value is -1.20. The van der Waals surface area contributed by atoms with Gasteiger partial charge in [-0.05, 0) is 52.2 Å². The zero-order valence-electron chi connectivity index (χ0n) is 12.8. The van der Waals surface area contributed by atoms with Crippen LogP contribution in [0, 0.1) is 0 Å². The maximum Gasteiger partial charge on any atom is 0.494 e. The Kier molecular flexibility index (Phi) is 3.03. The average molecular weight is 275 g/mol. The summed E-state index contributed by atoms with van der Waals surface area (Å²) >= 11 is 0. The topological polar surface area (TPSA) is 39.7 Å². The Morgan fingerprint density at radius 2 is 1.80 bits per heavy atom. The van der Waals surface area contributed by atoms with Crippen LogP contribution in [0.25, 0.3) is 0 Å². The Balaban J connectivity index is 1.88. The molecule has 5 heteroatoms. The first-order valence-corrected chi connectivity index (χ1v) is 7.17. The fraction of sp³-hybridized carbons (Fsp3) is 0.600. The third-order valence-electron chi connectivity index (χ3n) is 4.42. The van der Waals surface area contributed by atoms with Crippen LogP contribution in [0.1, 0.15) is 34.6 Å². The summed E-state index contributed by atoms with van der Waals surface area (Å²) < 4.78 is 17.8. The Bertz CT molecular complexity index is 514. The quantitative estimate of drug-likeness (QED) is 0.797. The van der Waals surface area contributed by atoms with Gasteiger partial charge in [0.15, 0.2) is 0 Å². The molecule has 20 heavy (non-hydrogen) atoms. The molecule has 1 aromatic carbocycles. The van der Waals surface area contributed by atoms with E-state index >= 15 is 0 Å². The van der Waals surface area contributed by atoms with Gasteiger partial charge in [-0.2, -0.15) is 0 Å². The van der Waals surface area contributed by atoms with Crippen molar-refractivity contribution in [3.63, 3.8) is 0 Å². The molecule has 1 unspecified atom stereocenters. The van der Waals surface area contributed by atoms with Crippen molar-refractivity contribution in [2.45, 2.75) is 51.9 Å². The lowest BCUT2D eigenvalue weighted by Crippen LogP contribution is -2.41. The first kappa shape index (κ1) is 13.8. The van der Waals surface area contributed by atoms with Crippen LogP contribution >= 0.6 is 0 Å². The van der Waals surface area contributed by atoms with Crippen molar-refractivity contribution in [2.75, 3.05) is 11.9 Å². The van der Waals surface area contributed by atoms with E-state index in [4.69, 9.17) is 14.0 Å². The normalized spacial score (nSPS) is 26.6. The maximum absolute atomic E-state index is 6.08. The van der Waals surface area contributed by atoms with E-state index < -0.39 is 0 Å². The monoisotopic (exact) mass is 275 g/mol. The molecule has 0 bridgehead atoms. The number of anilines is 1. The summed E-state index contributed by atoms with van der Waals surface area (Å²) in [4.78, 5) is 0. The highest BCUT2D eigenvalue weighted by molar-refractivity contribution is 6.62. The largest absolute Gasteiger partial charge is 0.494 e. The lowest BCUT2D eigenvalue weighted by atomic mass is 9.79. The van der Waals surface area contributed by atoms with Crippen molar-refractivity contribution in [3.8, 4) is 5.75 Å². The van der Waals surface area contributed by atoms with E-state index in [0.29, 0.717) is 12.6 Å². The molecule has 0 saturated carbocycles. The summed E-state index contributed by atoms with van der Waals surface area (Å²) in [5.41, 5.74) is 1.40. The molecule has 3 rings (SSSR count). The second kappa shape index (κ2) is 4.40. The smallest absolute Gasteiger partial charge is 0.489 e. The molecule has 2 aliphatic heterocycles. The van der Waals surface area contributed by atoms with Gasteiger partial charge in [-0.15, -0.1) is 0 Å². The Morgan fingerprint density at radius 1 is 1.15 bits per heavy atom. The van der Waals surface area contributed by atoms with E-state index in [1.165, 1.54) is 0 Å². The van der Waals surface area contributed by atoms with Gasteiger partial charge in [-0.3, -0.25) is 0 Å². The Morgan fingerprint density at radius 3 is 2.45 bits per heavy atom. The van der Waals surface area contributed by atoms with Gasteiger partial charge in [0.1, 0.15) is 12.4 Å². The third kappa shape index (κ3) is 2.19. The van der Waals surface area contributed by atoms with E-state index in [2.05, 4.69) is 46.0 Å². The van der Waals surface area contributed by atoms with Crippen LogP contribution in [0.15, 0.2) is 18.2 Å². The van der Waals surface area contributed by atoms with E-state index in [1.54, 1.807) is 0 Å². The van der Waals surface area contributed by atoms with Crippen molar-refractivity contribution >= 4 is 18.3 Å². The van der Waals surface area contributed by atoms with Crippen molar-refractivity contribution in [1.29, 1.82) is 0 Å². The van der Waals surface area contributed by atoms with Crippen LogP contribution in [0.3, 0.4) is 0 Å². The second-order valence-corrected chi connectivity index (χ2v) is 6.70. The van der Waals surface area contributed by atoms with Crippen molar-refractivity contribution in [2.24, 2.45) is 0 Å². The molecule has 1 aromatic rings. The summed E-state index contributed by atoms with van der Waals surface area (Å²) in [6.07, 6.45) is 0. The van der Waals surface area contributed by atoms with Crippen molar-refractivity contribution in [3.05, 3.63) is 18.2 Å². The highest BCUT2D eigenvalue weighted by Crippen LogP contribution is 2.37. The molecule has 1 atom stereocenters. The standard InChI is InChI=1S/C15H22BNO3/c1-10-9-18-13-7-6-11(8-12(13)17-10)16-19-14(2,3)15(4,5)20-16/h6-8,10,17H,9H2,1-5H3. The predicted octanol–water partition coefficient (Wildman–Crippen LogP) is 2.18. The third-order valence-corrected chi connectivity index (χ3v) is 4.42. The van der Waals surface area contributed by atoms with Crippen molar-refractivity contribution in [1.82, 2.24) is 0 Å². The Labute approximate surface area is 120 Å². The molecule has 0 radical (unpaired) electrons. The van der Waals surface area contributed by atoms with Gasteiger partial charge in [0.25, 0.3) is 0 Å². The summed E-state index contributed by atoms with van der Waals surface area (Å²) in [7, 11) is -0.329. The molecule has 0 aliphatic carbocycles. The van der Waals surface area contributed by atoms with Gasteiger partial charge in [-0.25, -0.2) is 0 Å². The zero-order chi connectivity index (χ0) is 14.5. The van der Waals surface area contributed by atoms with Gasteiger partial charge in [-0.1, -0.05) is 6.07 Å². The molecule has 0 aromatic heterocycles. The number of hydrogen-bond donors (Lipinski definition) is 1. The molecule has 0 spiro atoms. The number of benzene rings is 1. The lowest BCUT2D eigenvalue weighted by molar-refractivity contribution is 0.00578. The minimum Gasteiger partial charge on any atom is -0.489 e. The maximum atomic E-state index is 6.08. The highest BCUT2D eigenvalue weighted by Gasteiger charge is 2.51. The minimum absolute atomic E-state index is 0.315. The number of fused-ring (bicyclic) bond motifs is 1. The van der Waals surface area contributed by atoms with Gasteiger partial charge >= 0.3 is 7.12 Å². The predicted molar refractivity (Wildman–Crippen MR) is 80.7 cm³/mol. The van der Waals surface area contributed by atoms with Gasteiger partial charge in [0.2, 0.25) is 0 Å². The molecule has 1 saturated heterocycles. The molecular formula is C15H22BNO3. The number of ether oxygens (including phenoxy) is 1. The summed E-state index contributed by atoms with van der Waals surface area (Å²) in [6.45, 7) is 11.1. The van der Waals surface area contributed by atoms with Gasteiger partial charge in [0, 0.05) is 0 Å². The minimum atomic E-state index is -0.329. The molecule has 1 N–H and O–H groups in total. The van der Waals surface area contributed by atoms with Gasteiger partial charge in [0.05, 0.1) is 22.9 Å². The second-order valence-electron chi connectivity index (χ2n) is 6.70. The lowest BCUT2D eigenvalue weighted by Gasteiger charge is -2.32. The first-order valence-electron chi connectivity index (χ1n) is 7.17. The van der Waals surface area contributed by atoms with Crippen LogP contribution < -0.4 is 15.5 Å². The summed E-state index contributed by atoms with van der Waals surface area (Å²) in [5.74, 6) is 0.892. The van der Waals surface area contributed by atoms with Crippen LogP contribution in [0.5, 0.6) is 5.75 Å². The molecular weight excluding hydrogens is 253 g/mol. The van der Waals surface area contributed by atoms with E-state index in [0.717, 1.165) is 16.9 Å². The van der Waals surface area contributed by atoms with Gasteiger partial charge < -0.3 is 19.4 Å². The molecule has 1 fully saturated rings. The molecule has 108 valence electrons. The zero-order valence-corrected chi connectivity index (χ0v) is 12.8. The first-order chi connectivity index (χ1) is 9.28. The number of rotatable bonds is 1. The van der Waals surface area contributed by atoms with Crippen LogP contribution in [-0.2, 0) is 9.31 Å². The fourth-order valence-corrected chi connectivity index (χ4v) is 2.43.